The lowest BCUT2D eigenvalue weighted by Gasteiger charge is -2.35. The number of hydrogen-bond acceptors (Lipinski definition) is 6. The third kappa shape index (κ3) is 4.11. The molecule has 1 saturated heterocycles. The Morgan fingerprint density at radius 3 is 2.54 bits per heavy atom. The lowest BCUT2D eigenvalue weighted by Crippen LogP contribution is -2.50. The van der Waals surface area contributed by atoms with E-state index in [-0.39, 0.29) is 17.9 Å². The van der Waals surface area contributed by atoms with Crippen molar-refractivity contribution in [1.29, 1.82) is 0 Å². The SMILES string of the molecule is COc1cc(N2CCN(C(=O)Nc3cccc(F)c3)CC2)nc(OC)n1. The van der Waals surface area contributed by atoms with Gasteiger partial charge in [-0.3, -0.25) is 0 Å². The topological polar surface area (TPSA) is 79.8 Å². The van der Waals surface area contributed by atoms with Crippen LogP contribution in [0.3, 0.4) is 0 Å². The maximum Gasteiger partial charge on any atom is 0.321 e. The highest BCUT2D eigenvalue weighted by Gasteiger charge is 2.23. The third-order valence-corrected chi connectivity index (χ3v) is 4.03. The van der Waals surface area contributed by atoms with Crippen LogP contribution in [0.4, 0.5) is 20.7 Å². The normalized spacial score (nSPS) is 14.1. The van der Waals surface area contributed by atoms with Crippen LogP contribution >= 0.6 is 0 Å². The summed E-state index contributed by atoms with van der Waals surface area (Å²) in [6, 6.07) is 7.52. The second-order valence-corrected chi connectivity index (χ2v) is 5.67. The Hall–Kier alpha value is -3.10. The minimum atomic E-state index is -0.390. The van der Waals surface area contributed by atoms with Crippen LogP contribution in [0.5, 0.6) is 11.9 Å². The maximum atomic E-state index is 13.2. The van der Waals surface area contributed by atoms with Crippen molar-refractivity contribution < 1.29 is 18.7 Å². The molecule has 0 aliphatic carbocycles. The van der Waals surface area contributed by atoms with Crippen LogP contribution in [-0.4, -0.2) is 61.3 Å². The molecule has 138 valence electrons. The van der Waals surface area contributed by atoms with Gasteiger partial charge in [0.15, 0.2) is 0 Å². The van der Waals surface area contributed by atoms with Gasteiger partial charge in [-0.25, -0.2) is 9.18 Å². The highest BCUT2D eigenvalue weighted by atomic mass is 19.1. The molecule has 0 spiro atoms. The minimum absolute atomic E-state index is 0.227. The first-order valence-electron chi connectivity index (χ1n) is 8.12. The number of methoxy groups -OCH3 is 2. The number of halogens is 1. The number of carbonyl (C=O) groups is 1. The number of nitrogens with one attached hydrogen (secondary N) is 1. The van der Waals surface area contributed by atoms with E-state index in [0.717, 1.165) is 0 Å². The van der Waals surface area contributed by atoms with Crippen molar-refractivity contribution in [2.24, 2.45) is 0 Å². The maximum absolute atomic E-state index is 13.2. The summed E-state index contributed by atoms with van der Waals surface area (Å²) in [6.07, 6.45) is 0. The molecule has 2 heterocycles. The van der Waals surface area contributed by atoms with Gasteiger partial charge < -0.3 is 24.6 Å². The molecule has 1 aliphatic rings. The molecule has 9 heteroatoms. The van der Waals surface area contributed by atoms with Crippen LogP contribution < -0.4 is 19.7 Å². The summed E-state index contributed by atoms with van der Waals surface area (Å²) in [5.74, 6) is 0.705. The van der Waals surface area contributed by atoms with Gasteiger partial charge in [-0.2, -0.15) is 9.97 Å². The van der Waals surface area contributed by atoms with Crippen LogP contribution in [0.15, 0.2) is 30.3 Å². The molecule has 26 heavy (non-hydrogen) atoms. The van der Waals surface area contributed by atoms with Gasteiger partial charge in [-0.1, -0.05) is 6.07 Å². The minimum Gasteiger partial charge on any atom is -0.481 e. The molecule has 1 aliphatic heterocycles. The highest BCUT2D eigenvalue weighted by Crippen LogP contribution is 2.22. The second-order valence-electron chi connectivity index (χ2n) is 5.67. The van der Waals surface area contributed by atoms with Crippen molar-refractivity contribution in [2.45, 2.75) is 0 Å². The van der Waals surface area contributed by atoms with E-state index >= 15 is 0 Å². The molecule has 3 rings (SSSR count). The molecule has 0 saturated carbocycles. The molecule has 0 bridgehead atoms. The Kier molecular flexibility index (Phi) is 5.35. The molecule has 0 unspecified atom stereocenters. The Balaban J connectivity index is 1.61. The zero-order valence-corrected chi connectivity index (χ0v) is 14.6. The van der Waals surface area contributed by atoms with Gasteiger partial charge in [0, 0.05) is 37.9 Å². The van der Waals surface area contributed by atoms with E-state index in [1.165, 1.54) is 26.4 Å². The summed E-state index contributed by atoms with van der Waals surface area (Å²) in [5.41, 5.74) is 0.433. The first kappa shape index (κ1) is 17.7. The second kappa shape index (κ2) is 7.85. The molecule has 2 amide bonds. The summed E-state index contributed by atoms with van der Waals surface area (Å²) in [4.78, 5) is 24.4. The quantitative estimate of drug-likeness (QED) is 0.897. The van der Waals surface area contributed by atoms with Gasteiger partial charge in [0.2, 0.25) is 5.88 Å². The van der Waals surface area contributed by atoms with E-state index in [2.05, 4.69) is 15.3 Å². The van der Waals surface area contributed by atoms with E-state index in [9.17, 15) is 9.18 Å². The predicted molar refractivity (Wildman–Crippen MR) is 94.3 cm³/mol. The van der Waals surface area contributed by atoms with Gasteiger partial charge in [0.1, 0.15) is 11.6 Å². The largest absolute Gasteiger partial charge is 0.481 e. The lowest BCUT2D eigenvalue weighted by atomic mass is 10.3. The van der Waals surface area contributed by atoms with Crippen LogP contribution in [0.25, 0.3) is 0 Å². The van der Waals surface area contributed by atoms with Crippen molar-refractivity contribution in [2.75, 3.05) is 50.6 Å². The van der Waals surface area contributed by atoms with Gasteiger partial charge in [0.05, 0.1) is 14.2 Å². The number of urea groups is 1. The number of hydrogen-bond donors (Lipinski definition) is 1. The van der Waals surface area contributed by atoms with Crippen molar-refractivity contribution >= 4 is 17.5 Å². The predicted octanol–water partition coefficient (Wildman–Crippen LogP) is 1.99. The third-order valence-electron chi connectivity index (χ3n) is 4.03. The first-order chi connectivity index (χ1) is 12.6. The van der Waals surface area contributed by atoms with E-state index in [1.807, 2.05) is 4.90 Å². The molecule has 8 nitrogen and oxygen atoms in total. The average Bonchev–Trinajstić information content (AvgIpc) is 2.67. The Morgan fingerprint density at radius 1 is 1.12 bits per heavy atom. The Labute approximate surface area is 150 Å². The molecule has 1 aromatic carbocycles. The summed E-state index contributed by atoms with van der Waals surface area (Å²) < 4.78 is 23.5. The summed E-state index contributed by atoms with van der Waals surface area (Å²) >= 11 is 0. The van der Waals surface area contributed by atoms with Crippen molar-refractivity contribution in [3.63, 3.8) is 0 Å². The molecule has 0 radical (unpaired) electrons. The number of rotatable bonds is 4. The van der Waals surface area contributed by atoms with Crippen LogP contribution in [0, 0.1) is 5.82 Å². The number of benzene rings is 1. The van der Waals surface area contributed by atoms with E-state index in [0.29, 0.717) is 43.6 Å². The van der Waals surface area contributed by atoms with Crippen LogP contribution in [0.2, 0.25) is 0 Å². The fourth-order valence-corrected chi connectivity index (χ4v) is 2.66. The summed E-state index contributed by atoms with van der Waals surface area (Å²) in [5, 5.41) is 2.71. The van der Waals surface area contributed by atoms with Gasteiger partial charge in [-0.15, -0.1) is 0 Å². The number of amides is 2. The van der Waals surface area contributed by atoms with Crippen molar-refractivity contribution in [1.82, 2.24) is 14.9 Å². The number of aromatic nitrogens is 2. The fourth-order valence-electron chi connectivity index (χ4n) is 2.66. The Morgan fingerprint density at radius 2 is 1.88 bits per heavy atom. The number of anilines is 2. The van der Waals surface area contributed by atoms with E-state index in [4.69, 9.17) is 9.47 Å². The summed E-state index contributed by atoms with van der Waals surface area (Å²) in [6.45, 7) is 2.21. The number of carbonyl (C=O) groups excluding carboxylic acids is 1. The van der Waals surface area contributed by atoms with Gasteiger partial charge in [-0.05, 0) is 18.2 Å². The van der Waals surface area contributed by atoms with Crippen LogP contribution in [0.1, 0.15) is 0 Å². The zero-order chi connectivity index (χ0) is 18.5. The number of nitrogens with zero attached hydrogens (tertiary/aromatic N) is 4. The van der Waals surface area contributed by atoms with E-state index in [1.54, 1.807) is 23.1 Å². The smallest absolute Gasteiger partial charge is 0.321 e. The zero-order valence-electron chi connectivity index (χ0n) is 14.6. The monoisotopic (exact) mass is 361 g/mol. The molecule has 2 aromatic rings. The molecule has 0 atom stereocenters. The number of piperazine rings is 1. The van der Waals surface area contributed by atoms with Gasteiger partial charge in [0.25, 0.3) is 0 Å². The Bertz CT molecular complexity index is 758. The molecular weight excluding hydrogens is 341 g/mol. The first-order valence-corrected chi connectivity index (χ1v) is 8.12. The standard InChI is InChI=1S/C17H20FN5O3/c1-25-15-11-14(20-16(21-15)26-2)22-6-8-23(9-7-22)17(24)19-13-5-3-4-12(18)10-13/h3-5,10-11H,6-9H2,1-2H3,(H,19,24). The molecule has 1 N–H and O–H groups in total. The van der Waals surface area contributed by atoms with E-state index < -0.39 is 0 Å². The molecule has 1 fully saturated rings. The van der Waals surface area contributed by atoms with Crippen molar-refractivity contribution in [3.8, 4) is 11.9 Å². The lowest BCUT2D eigenvalue weighted by molar-refractivity contribution is 0.208. The highest BCUT2D eigenvalue weighted by molar-refractivity contribution is 5.89. The molecular formula is C17H20FN5O3. The van der Waals surface area contributed by atoms with Crippen molar-refractivity contribution in [3.05, 3.63) is 36.1 Å². The average molecular weight is 361 g/mol. The summed E-state index contributed by atoms with van der Waals surface area (Å²) in [7, 11) is 3.02. The van der Waals surface area contributed by atoms with Gasteiger partial charge >= 0.3 is 12.0 Å². The van der Waals surface area contributed by atoms with Crippen LogP contribution in [-0.2, 0) is 0 Å². The fraction of sp³-hybridized carbons (Fsp3) is 0.353. The number of ether oxygens (including phenoxy) is 2. The molecule has 1 aromatic heterocycles.